The van der Waals surface area contributed by atoms with E-state index in [1.54, 1.807) is 11.0 Å². The van der Waals surface area contributed by atoms with Gasteiger partial charge in [0.1, 0.15) is 6.67 Å². The zero-order chi connectivity index (χ0) is 16.6. The van der Waals surface area contributed by atoms with Gasteiger partial charge in [-0.05, 0) is 18.2 Å². The molecule has 1 saturated heterocycles. The molecule has 0 amide bonds. The number of carbonyl (C=O) groups is 1. The van der Waals surface area contributed by atoms with Gasteiger partial charge in [-0.15, -0.1) is 0 Å². The number of carbonyl (C=O) groups excluding carboxylic acids is 1. The number of hydrazine groups is 1. The number of hydrogen-bond acceptors (Lipinski definition) is 6. The Kier molecular flexibility index (Phi) is 3.63. The molecule has 3 rings (SSSR count). The molecular weight excluding hydrogens is 313 g/mol. The Bertz CT molecular complexity index is 700. The zero-order valence-electron chi connectivity index (χ0n) is 12.1. The lowest BCUT2D eigenvalue weighted by Crippen LogP contribution is -2.36. The Hall–Kier alpha value is -2.71. The Morgan fingerprint density at radius 2 is 2.17 bits per heavy atom. The Morgan fingerprint density at radius 1 is 1.39 bits per heavy atom. The maximum Gasteiger partial charge on any atom is 0.416 e. The molecule has 122 valence electrons. The molecule has 9 heteroatoms. The van der Waals surface area contributed by atoms with Gasteiger partial charge < -0.3 is 9.64 Å². The van der Waals surface area contributed by atoms with Crippen LogP contribution in [0.1, 0.15) is 5.56 Å². The van der Waals surface area contributed by atoms with E-state index in [1.807, 2.05) is 0 Å². The van der Waals surface area contributed by atoms with Crippen molar-refractivity contribution in [1.29, 1.82) is 0 Å². The van der Waals surface area contributed by atoms with Crippen molar-refractivity contribution >= 4 is 17.6 Å². The number of fused-ring (bicyclic) bond motifs is 1. The third-order valence-electron chi connectivity index (χ3n) is 3.48. The topological polar surface area (TPSA) is 57.2 Å². The second kappa shape index (κ2) is 5.49. The third-order valence-corrected chi connectivity index (χ3v) is 3.48. The fourth-order valence-electron chi connectivity index (χ4n) is 2.33. The van der Waals surface area contributed by atoms with Crippen molar-refractivity contribution in [3.63, 3.8) is 0 Å². The van der Waals surface area contributed by atoms with Crippen molar-refractivity contribution in [2.75, 3.05) is 25.3 Å². The number of methoxy groups -OCH3 is 1. The van der Waals surface area contributed by atoms with Crippen LogP contribution in [0.4, 0.5) is 18.9 Å². The Balaban J connectivity index is 1.77. The lowest BCUT2D eigenvalue weighted by Gasteiger charge is -2.20. The lowest BCUT2D eigenvalue weighted by atomic mass is 10.2. The van der Waals surface area contributed by atoms with Crippen LogP contribution in [0.2, 0.25) is 0 Å². The van der Waals surface area contributed by atoms with Crippen molar-refractivity contribution in [2.24, 2.45) is 4.99 Å². The van der Waals surface area contributed by atoms with E-state index in [9.17, 15) is 18.0 Å². The van der Waals surface area contributed by atoms with Gasteiger partial charge in [0.25, 0.3) is 0 Å². The fourth-order valence-corrected chi connectivity index (χ4v) is 2.33. The first-order valence-corrected chi connectivity index (χ1v) is 6.70. The van der Waals surface area contributed by atoms with Gasteiger partial charge in [0.05, 0.1) is 30.5 Å². The smallest absolute Gasteiger partial charge is 0.416 e. The van der Waals surface area contributed by atoms with Gasteiger partial charge >= 0.3 is 12.1 Å². The normalized spacial score (nSPS) is 17.2. The van der Waals surface area contributed by atoms with Crippen LogP contribution in [0.25, 0.3) is 0 Å². The van der Waals surface area contributed by atoms with Gasteiger partial charge in [-0.25, -0.2) is 9.79 Å². The Labute approximate surface area is 129 Å². The third kappa shape index (κ3) is 2.94. The molecule has 1 fully saturated rings. The SMILES string of the molecule is COC(=O)C1=CN=C2NN(c3cccc(C(F)(F)F)c3)CN2C1. The van der Waals surface area contributed by atoms with Gasteiger partial charge in [0.2, 0.25) is 5.96 Å². The molecule has 0 atom stereocenters. The number of nitrogens with one attached hydrogen (secondary N) is 1. The van der Waals surface area contributed by atoms with Crippen molar-refractivity contribution in [3.8, 4) is 0 Å². The fraction of sp³-hybridized carbons (Fsp3) is 0.286. The van der Waals surface area contributed by atoms with E-state index < -0.39 is 17.7 Å². The van der Waals surface area contributed by atoms with Gasteiger partial charge in [-0.3, -0.25) is 10.4 Å². The van der Waals surface area contributed by atoms with Crippen LogP contribution >= 0.6 is 0 Å². The molecule has 6 nitrogen and oxygen atoms in total. The van der Waals surface area contributed by atoms with Gasteiger partial charge in [0.15, 0.2) is 0 Å². The molecule has 0 unspecified atom stereocenters. The summed E-state index contributed by atoms with van der Waals surface area (Å²) in [5.74, 6) is -0.0135. The lowest BCUT2D eigenvalue weighted by molar-refractivity contribution is -0.138. The molecule has 2 aliphatic heterocycles. The molecule has 0 bridgehead atoms. The van der Waals surface area contributed by atoms with Crippen LogP contribution in [-0.2, 0) is 15.7 Å². The van der Waals surface area contributed by atoms with E-state index in [0.717, 1.165) is 12.1 Å². The van der Waals surface area contributed by atoms with Crippen molar-refractivity contribution in [1.82, 2.24) is 10.3 Å². The van der Waals surface area contributed by atoms with Crippen LogP contribution in [0, 0.1) is 0 Å². The van der Waals surface area contributed by atoms with E-state index in [4.69, 9.17) is 0 Å². The van der Waals surface area contributed by atoms with Crippen LogP contribution in [0.15, 0.2) is 41.0 Å². The number of aliphatic imine (C=N–C) groups is 1. The zero-order valence-corrected chi connectivity index (χ0v) is 12.1. The second-order valence-corrected chi connectivity index (χ2v) is 5.03. The summed E-state index contributed by atoms with van der Waals surface area (Å²) in [6, 6.07) is 4.98. The van der Waals surface area contributed by atoms with E-state index in [2.05, 4.69) is 15.2 Å². The van der Waals surface area contributed by atoms with E-state index in [0.29, 0.717) is 17.2 Å². The molecule has 2 heterocycles. The quantitative estimate of drug-likeness (QED) is 0.839. The molecule has 23 heavy (non-hydrogen) atoms. The van der Waals surface area contributed by atoms with Crippen LogP contribution in [0.5, 0.6) is 0 Å². The summed E-state index contributed by atoms with van der Waals surface area (Å²) in [5.41, 5.74) is 2.92. The minimum absolute atomic E-state index is 0.258. The van der Waals surface area contributed by atoms with Gasteiger partial charge in [-0.1, -0.05) is 6.07 Å². The largest absolute Gasteiger partial charge is 0.466 e. The molecule has 1 N–H and O–H groups in total. The number of ether oxygens (including phenoxy) is 1. The minimum Gasteiger partial charge on any atom is -0.466 e. The highest BCUT2D eigenvalue weighted by atomic mass is 19.4. The first kappa shape index (κ1) is 15.2. The van der Waals surface area contributed by atoms with Crippen molar-refractivity contribution in [3.05, 3.63) is 41.6 Å². The number of hydrogen-bond donors (Lipinski definition) is 1. The highest BCUT2D eigenvalue weighted by molar-refractivity contribution is 5.93. The highest BCUT2D eigenvalue weighted by Crippen LogP contribution is 2.32. The molecular formula is C14H13F3N4O2. The molecule has 0 spiro atoms. The molecule has 0 radical (unpaired) electrons. The van der Waals surface area contributed by atoms with Crippen LogP contribution < -0.4 is 10.4 Å². The predicted octanol–water partition coefficient (Wildman–Crippen LogP) is 1.72. The number of anilines is 1. The van der Waals surface area contributed by atoms with Crippen molar-refractivity contribution in [2.45, 2.75) is 6.18 Å². The van der Waals surface area contributed by atoms with E-state index in [-0.39, 0.29) is 13.2 Å². The molecule has 2 aliphatic rings. The summed E-state index contributed by atoms with van der Waals surface area (Å²) in [4.78, 5) is 17.3. The van der Waals surface area contributed by atoms with E-state index >= 15 is 0 Å². The van der Waals surface area contributed by atoms with Gasteiger partial charge in [0, 0.05) is 6.20 Å². The molecule has 0 saturated carbocycles. The number of nitrogens with zero attached hydrogens (tertiary/aromatic N) is 3. The first-order chi connectivity index (χ1) is 10.9. The maximum atomic E-state index is 12.8. The predicted molar refractivity (Wildman–Crippen MR) is 76.2 cm³/mol. The van der Waals surface area contributed by atoms with Gasteiger partial charge in [-0.2, -0.15) is 13.2 Å². The molecule has 1 aromatic rings. The highest BCUT2D eigenvalue weighted by Gasteiger charge is 2.33. The Morgan fingerprint density at radius 3 is 2.87 bits per heavy atom. The number of rotatable bonds is 2. The second-order valence-electron chi connectivity index (χ2n) is 5.03. The summed E-state index contributed by atoms with van der Waals surface area (Å²) in [6.07, 6.45) is -3.01. The molecule has 0 aromatic heterocycles. The molecule has 0 aliphatic carbocycles. The number of alkyl halides is 3. The standard InChI is InChI=1S/C14H13F3N4O2/c1-23-12(22)9-6-18-13-19-21(8-20(13)7-9)11-4-2-3-10(5-11)14(15,16)17/h2-6H,7-8H2,1H3,(H,18,19). The average Bonchev–Trinajstić information content (AvgIpc) is 2.96. The number of guanidine groups is 1. The maximum absolute atomic E-state index is 12.8. The van der Waals surface area contributed by atoms with Crippen LogP contribution in [0.3, 0.4) is 0 Å². The van der Waals surface area contributed by atoms with Crippen LogP contribution in [-0.4, -0.2) is 37.2 Å². The number of halogens is 3. The summed E-state index contributed by atoms with van der Waals surface area (Å²) in [5, 5.41) is 1.53. The molecule has 1 aromatic carbocycles. The summed E-state index contributed by atoms with van der Waals surface area (Å²) in [6.45, 7) is 0.530. The monoisotopic (exact) mass is 326 g/mol. The van der Waals surface area contributed by atoms with E-state index in [1.165, 1.54) is 24.4 Å². The summed E-state index contributed by atoms with van der Waals surface area (Å²) in [7, 11) is 1.28. The van der Waals surface area contributed by atoms with Crippen molar-refractivity contribution < 1.29 is 22.7 Å². The average molecular weight is 326 g/mol. The first-order valence-electron chi connectivity index (χ1n) is 6.70. The summed E-state index contributed by atoms with van der Waals surface area (Å²) < 4.78 is 43.0. The summed E-state index contributed by atoms with van der Waals surface area (Å²) >= 11 is 0. The number of esters is 1. The number of benzene rings is 1. The minimum atomic E-state index is -4.40.